The van der Waals surface area contributed by atoms with Crippen LogP contribution in [-0.4, -0.2) is 43.7 Å². The maximum absolute atomic E-state index is 12.5. The molecule has 1 heterocycles. The lowest BCUT2D eigenvalue weighted by Gasteiger charge is -2.17. The smallest absolute Gasteiger partial charge is 0.265 e. The first-order chi connectivity index (χ1) is 13.8. The number of nitrogens with one attached hydrogen (secondary N) is 1. The largest absolute Gasteiger partial charge is 0.481 e. The van der Waals surface area contributed by atoms with Crippen LogP contribution in [0.1, 0.15) is 30.1 Å². The molecule has 1 aliphatic rings. The van der Waals surface area contributed by atoms with Gasteiger partial charge in [-0.15, -0.1) is 0 Å². The Morgan fingerprint density at radius 2 is 1.62 bits per heavy atom. The van der Waals surface area contributed by atoms with E-state index in [1.54, 1.807) is 31.2 Å². The van der Waals surface area contributed by atoms with E-state index in [2.05, 4.69) is 5.32 Å². The second-order valence-electron chi connectivity index (χ2n) is 6.77. The summed E-state index contributed by atoms with van der Waals surface area (Å²) in [5.74, 6) is -0.513. The number of sulfonamides is 1. The molecule has 0 bridgehead atoms. The normalized spacial score (nSPS) is 15.6. The fourth-order valence-electron chi connectivity index (χ4n) is 2.99. The number of hydrogen-bond acceptors (Lipinski definition) is 5. The van der Waals surface area contributed by atoms with Crippen molar-refractivity contribution in [1.29, 1.82) is 0 Å². The average Bonchev–Trinajstić information content (AvgIpc) is 3.24. The molecule has 1 unspecified atom stereocenters. The van der Waals surface area contributed by atoms with Gasteiger partial charge in [0.15, 0.2) is 6.10 Å². The van der Waals surface area contributed by atoms with Gasteiger partial charge in [-0.25, -0.2) is 8.42 Å². The van der Waals surface area contributed by atoms with Crippen LogP contribution >= 0.6 is 0 Å². The summed E-state index contributed by atoms with van der Waals surface area (Å²) in [6.07, 6.45) is 0.940. The van der Waals surface area contributed by atoms with Crippen molar-refractivity contribution < 1.29 is 22.7 Å². The fourth-order valence-corrected chi connectivity index (χ4v) is 4.50. The molecule has 1 saturated heterocycles. The zero-order valence-electron chi connectivity index (χ0n) is 16.0. The van der Waals surface area contributed by atoms with E-state index in [0.29, 0.717) is 30.1 Å². The molecule has 0 spiro atoms. The Kier molecular flexibility index (Phi) is 6.19. The highest BCUT2D eigenvalue weighted by molar-refractivity contribution is 7.89. The summed E-state index contributed by atoms with van der Waals surface area (Å²) in [4.78, 5) is 23.6. The van der Waals surface area contributed by atoms with Gasteiger partial charge >= 0.3 is 0 Å². The summed E-state index contributed by atoms with van der Waals surface area (Å²) in [6.45, 7) is 2.66. The maximum Gasteiger partial charge on any atom is 0.265 e. The van der Waals surface area contributed by atoms with Crippen LogP contribution in [0, 0.1) is 0 Å². The van der Waals surface area contributed by atoms with Crippen molar-refractivity contribution in [3.8, 4) is 5.75 Å². The number of amides is 2. The van der Waals surface area contributed by atoms with Gasteiger partial charge in [-0.05, 0) is 68.3 Å². The number of rotatable bonds is 7. The first-order valence-electron chi connectivity index (χ1n) is 9.25. The molecule has 154 valence electrons. The van der Waals surface area contributed by atoms with Gasteiger partial charge < -0.3 is 15.8 Å². The van der Waals surface area contributed by atoms with Crippen LogP contribution in [-0.2, 0) is 14.8 Å². The quantitative estimate of drug-likeness (QED) is 0.714. The number of anilines is 1. The van der Waals surface area contributed by atoms with Crippen LogP contribution in [0.25, 0.3) is 0 Å². The van der Waals surface area contributed by atoms with Gasteiger partial charge in [-0.1, -0.05) is 0 Å². The molecular formula is C20H23N3O5S. The first-order valence-corrected chi connectivity index (χ1v) is 10.7. The van der Waals surface area contributed by atoms with E-state index in [1.165, 1.54) is 28.6 Å². The van der Waals surface area contributed by atoms with Gasteiger partial charge in [-0.2, -0.15) is 4.31 Å². The minimum atomic E-state index is -3.49. The third-order valence-electron chi connectivity index (χ3n) is 4.65. The van der Waals surface area contributed by atoms with E-state index in [9.17, 15) is 18.0 Å². The number of nitrogens with two attached hydrogens (primary N) is 1. The van der Waals surface area contributed by atoms with Crippen molar-refractivity contribution in [2.75, 3.05) is 18.4 Å². The molecule has 8 nitrogen and oxygen atoms in total. The van der Waals surface area contributed by atoms with E-state index >= 15 is 0 Å². The molecule has 3 rings (SSSR count). The molecule has 0 aromatic heterocycles. The Morgan fingerprint density at radius 3 is 2.17 bits per heavy atom. The van der Waals surface area contributed by atoms with Gasteiger partial charge in [0.25, 0.3) is 5.91 Å². The van der Waals surface area contributed by atoms with E-state index in [4.69, 9.17) is 10.5 Å². The molecular weight excluding hydrogens is 394 g/mol. The predicted molar refractivity (Wildman–Crippen MR) is 108 cm³/mol. The lowest BCUT2D eigenvalue weighted by atomic mass is 10.2. The van der Waals surface area contributed by atoms with Crippen molar-refractivity contribution >= 4 is 27.5 Å². The fraction of sp³-hybridized carbons (Fsp3) is 0.300. The van der Waals surface area contributed by atoms with Crippen molar-refractivity contribution in [1.82, 2.24) is 4.31 Å². The molecule has 2 aromatic carbocycles. The number of carbonyl (C=O) groups is 2. The molecule has 1 fully saturated rings. The van der Waals surface area contributed by atoms with Gasteiger partial charge in [0.2, 0.25) is 15.9 Å². The van der Waals surface area contributed by atoms with Crippen LogP contribution in [0.4, 0.5) is 5.69 Å². The number of primary amides is 1. The Hall–Kier alpha value is -2.91. The van der Waals surface area contributed by atoms with Crippen molar-refractivity contribution in [3.05, 3.63) is 54.1 Å². The van der Waals surface area contributed by atoms with E-state index in [-0.39, 0.29) is 10.8 Å². The molecule has 1 aliphatic heterocycles. The Morgan fingerprint density at radius 1 is 1.03 bits per heavy atom. The van der Waals surface area contributed by atoms with Crippen molar-refractivity contribution in [2.24, 2.45) is 5.73 Å². The number of ether oxygens (including phenoxy) is 1. The Balaban J connectivity index is 1.60. The molecule has 0 saturated carbocycles. The van der Waals surface area contributed by atoms with Crippen LogP contribution < -0.4 is 15.8 Å². The summed E-state index contributed by atoms with van der Waals surface area (Å²) in [6, 6.07) is 12.2. The molecule has 0 aliphatic carbocycles. The minimum Gasteiger partial charge on any atom is -0.481 e. The summed E-state index contributed by atoms with van der Waals surface area (Å²) >= 11 is 0. The average molecular weight is 417 g/mol. The third kappa shape index (κ3) is 4.93. The number of carbonyl (C=O) groups excluding carboxylic acids is 2. The molecule has 1 atom stereocenters. The summed E-state index contributed by atoms with van der Waals surface area (Å²) < 4.78 is 32.1. The zero-order chi connectivity index (χ0) is 21.0. The zero-order valence-corrected chi connectivity index (χ0v) is 16.8. The van der Waals surface area contributed by atoms with E-state index in [0.717, 1.165) is 12.8 Å². The highest BCUT2D eigenvalue weighted by atomic mass is 32.2. The molecule has 2 aromatic rings. The van der Waals surface area contributed by atoms with Crippen molar-refractivity contribution in [2.45, 2.75) is 30.8 Å². The van der Waals surface area contributed by atoms with Crippen LogP contribution in [0.5, 0.6) is 5.75 Å². The predicted octanol–water partition coefficient (Wildman–Crippen LogP) is 1.98. The monoisotopic (exact) mass is 417 g/mol. The minimum absolute atomic E-state index is 0.205. The van der Waals surface area contributed by atoms with E-state index in [1.807, 2.05) is 0 Å². The standard InChI is InChI=1S/C20H23N3O5S/c1-14(28-17-8-4-15(5-9-17)19(21)24)20(25)22-16-6-10-18(11-7-16)29(26,27)23-12-2-3-13-23/h4-11,14H,2-3,12-13H2,1H3,(H2,21,24)(H,22,25). The summed E-state index contributed by atoms with van der Waals surface area (Å²) in [5.41, 5.74) is 6.00. The first kappa shape index (κ1) is 20.8. The number of nitrogens with zero attached hydrogens (tertiary/aromatic N) is 1. The highest BCUT2D eigenvalue weighted by Gasteiger charge is 2.27. The van der Waals surface area contributed by atoms with Crippen molar-refractivity contribution in [3.63, 3.8) is 0 Å². The van der Waals surface area contributed by atoms with Crippen LogP contribution in [0.3, 0.4) is 0 Å². The molecule has 3 N–H and O–H groups in total. The molecule has 9 heteroatoms. The maximum atomic E-state index is 12.5. The number of hydrogen-bond donors (Lipinski definition) is 2. The molecule has 29 heavy (non-hydrogen) atoms. The molecule has 2 amide bonds. The Bertz CT molecular complexity index is 982. The molecule has 0 radical (unpaired) electrons. The van der Waals surface area contributed by atoms with Crippen LogP contribution in [0.15, 0.2) is 53.4 Å². The number of benzene rings is 2. The van der Waals surface area contributed by atoms with Gasteiger partial charge in [-0.3, -0.25) is 9.59 Å². The summed E-state index contributed by atoms with van der Waals surface area (Å²) in [7, 11) is -3.49. The van der Waals surface area contributed by atoms with Gasteiger partial charge in [0.1, 0.15) is 5.75 Å². The second-order valence-corrected chi connectivity index (χ2v) is 8.71. The Labute approximate surface area is 169 Å². The third-order valence-corrected chi connectivity index (χ3v) is 6.56. The lowest BCUT2D eigenvalue weighted by Crippen LogP contribution is -2.30. The van der Waals surface area contributed by atoms with E-state index < -0.39 is 22.0 Å². The summed E-state index contributed by atoms with van der Waals surface area (Å²) in [5, 5.41) is 2.69. The lowest BCUT2D eigenvalue weighted by molar-refractivity contribution is -0.122. The SMILES string of the molecule is CC(Oc1ccc(C(N)=O)cc1)C(=O)Nc1ccc(S(=O)(=O)N2CCCC2)cc1. The van der Waals surface area contributed by atoms with Crippen LogP contribution in [0.2, 0.25) is 0 Å². The highest BCUT2D eigenvalue weighted by Crippen LogP contribution is 2.22. The van der Waals surface area contributed by atoms with Gasteiger partial charge in [0, 0.05) is 24.3 Å². The topological polar surface area (TPSA) is 119 Å². The van der Waals surface area contributed by atoms with Gasteiger partial charge in [0.05, 0.1) is 4.90 Å². The second kappa shape index (κ2) is 8.62.